The van der Waals surface area contributed by atoms with E-state index in [4.69, 9.17) is 25.1 Å². The minimum atomic E-state index is -1.82. The molecule has 0 unspecified atom stereocenters. The highest BCUT2D eigenvalue weighted by molar-refractivity contribution is 6.27. The van der Waals surface area contributed by atoms with Crippen LogP contribution in [0.5, 0.6) is 0 Å². The maximum atomic E-state index is 9.10. The Labute approximate surface area is 111 Å². The van der Waals surface area contributed by atoms with Gasteiger partial charge in [-0.3, -0.25) is 4.90 Å². The van der Waals surface area contributed by atoms with Crippen molar-refractivity contribution in [2.24, 2.45) is 0 Å². The van der Waals surface area contributed by atoms with Gasteiger partial charge in [-0.05, 0) is 19.0 Å². The molecule has 6 nitrogen and oxygen atoms in total. The molecule has 1 aromatic carbocycles. The minimum Gasteiger partial charge on any atom is -0.473 e. The number of carboxylic acids is 2. The number of carboxylic acid groups (broad SMARTS) is 2. The molecule has 0 aliphatic rings. The van der Waals surface area contributed by atoms with Crippen molar-refractivity contribution in [1.29, 1.82) is 5.26 Å². The average molecular weight is 264 g/mol. The van der Waals surface area contributed by atoms with Crippen molar-refractivity contribution in [2.45, 2.75) is 6.42 Å². The Kier molecular flexibility index (Phi) is 8.41. The number of aliphatic carboxylic acids is 2. The van der Waals surface area contributed by atoms with Crippen LogP contribution in [0.25, 0.3) is 0 Å². The fraction of sp³-hybridized carbons (Fsp3) is 0.308. The van der Waals surface area contributed by atoms with Gasteiger partial charge >= 0.3 is 11.9 Å². The summed E-state index contributed by atoms with van der Waals surface area (Å²) in [6.07, 6.45) is 1.01. The summed E-state index contributed by atoms with van der Waals surface area (Å²) in [4.78, 5) is 20.2. The zero-order chi connectivity index (χ0) is 14.7. The van der Waals surface area contributed by atoms with Crippen LogP contribution in [-0.2, 0) is 16.0 Å². The topological polar surface area (TPSA) is 102 Å². The van der Waals surface area contributed by atoms with Crippen molar-refractivity contribution in [3.8, 4) is 6.07 Å². The Morgan fingerprint density at radius 2 is 1.74 bits per heavy atom. The molecule has 1 aromatic rings. The average Bonchev–Trinajstić information content (AvgIpc) is 2.38. The molecule has 2 N–H and O–H groups in total. The first-order valence-corrected chi connectivity index (χ1v) is 5.53. The summed E-state index contributed by atoms with van der Waals surface area (Å²) in [5, 5.41) is 23.2. The van der Waals surface area contributed by atoms with Crippen LogP contribution in [0.2, 0.25) is 0 Å². The van der Waals surface area contributed by atoms with E-state index in [-0.39, 0.29) is 0 Å². The zero-order valence-corrected chi connectivity index (χ0v) is 10.6. The van der Waals surface area contributed by atoms with Crippen molar-refractivity contribution in [2.75, 3.05) is 20.1 Å². The van der Waals surface area contributed by atoms with E-state index < -0.39 is 11.9 Å². The first-order valence-electron chi connectivity index (χ1n) is 5.53. The number of carbonyl (C=O) groups is 2. The number of rotatable bonds is 4. The van der Waals surface area contributed by atoms with Gasteiger partial charge in [-0.1, -0.05) is 30.3 Å². The number of benzene rings is 1. The molecule has 0 bridgehead atoms. The van der Waals surface area contributed by atoms with Crippen LogP contribution in [0.15, 0.2) is 30.3 Å². The molecule has 0 spiro atoms. The highest BCUT2D eigenvalue weighted by atomic mass is 16.4. The minimum absolute atomic E-state index is 0.507. The number of likely N-dealkylation sites (N-methyl/N-ethyl adjacent to an activating group) is 1. The van der Waals surface area contributed by atoms with Gasteiger partial charge in [0.05, 0.1) is 12.6 Å². The van der Waals surface area contributed by atoms with Crippen LogP contribution in [0, 0.1) is 11.3 Å². The van der Waals surface area contributed by atoms with E-state index in [0.29, 0.717) is 6.54 Å². The maximum absolute atomic E-state index is 9.10. The van der Waals surface area contributed by atoms with E-state index in [1.807, 2.05) is 30.1 Å². The fourth-order valence-corrected chi connectivity index (χ4v) is 1.16. The van der Waals surface area contributed by atoms with Gasteiger partial charge in [0.15, 0.2) is 0 Å². The summed E-state index contributed by atoms with van der Waals surface area (Å²) in [6.45, 7) is 1.45. The monoisotopic (exact) mass is 264 g/mol. The van der Waals surface area contributed by atoms with Gasteiger partial charge in [0.2, 0.25) is 0 Å². The Bertz CT molecular complexity index is 428. The Morgan fingerprint density at radius 1 is 1.21 bits per heavy atom. The van der Waals surface area contributed by atoms with Crippen molar-refractivity contribution < 1.29 is 19.8 Å². The maximum Gasteiger partial charge on any atom is 0.414 e. The van der Waals surface area contributed by atoms with Crippen molar-refractivity contribution in [1.82, 2.24) is 4.90 Å². The molecule has 0 aromatic heterocycles. The fourth-order valence-electron chi connectivity index (χ4n) is 1.16. The van der Waals surface area contributed by atoms with Crippen LogP contribution >= 0.6 is 0 Å². The first-order chi connectivity index (χ1) is 8.97. The Balaban J connectivity index is 0.000000459. The highest BCUT2D eigenvalue weighted by Crippen LogP contribution is 1.99. The van der Waals surface area contributed by atoms with Gasteiger partial charge < -0.3 is 10.2 Å². The lowest BCUT2D eigenvalue weighted by Gasteiger charge is -2.11. The normalized spacial score (nSPS) is 9.11. The summed E-state index contributed by atoms with van der Waals surface area (Å²) in [5.41, 5.74) is 1.33. The van der Waals surface area contributed by atoms with Gasteiger partial charge in [0, 0.05) is 6.54 Å². The summed E-state index contributed by atoms with van der Waals surface area (Å²) >= 11 is 0. The van der Waals surface area contributed by atoms with Gasteiger partial charge in [0.1, 0.15) is 0 Å². The molecule has 0 atom stereocenters. The summed E-state index contributed by atoms with van der Waals surface area (Å²) in [5.74, 6) is -3.65. The molecule has 102 valence electrons. The quantitative estimate of drug-likeness (QED) is 0.617. The number of nitriles is 1. The van der Waals surface area contributed by atoms with Gasteiger partial charge in [-0.25, -0.2) is 9.59 Å². The molecule has 6 heteroatoms. The smallest absolute Gasteiger partial charge is 0.414 e. The van der Waals surface area contributed by atoms with Crippen molar-refractivity contribution in [3.05, 3.63) is 35.9 Å². The summed E-state index contributed by atoms with van der Waals surface area (Å²) in [6, 6.07) is 12.5. The lowest BCUT2D eigenvalue weighted by Crippen LogP contribution is -2.21. The predicted octanol–water partition coefficient (Wildman–Crippen LogP) is 0.840. The second-order valence-corrected chi connectivity index (χ2v) is 3.74. The first kappa shape index (κ1) is 16.6. The van der Waals surface area contributed by atoms with Gasteiger partial charge in [0.25, 0.3) is 0 Å². The molecule has 0 aliphatic heterocycles. The van der Waals surface area contributed by atoms with E-state index in [2.05, 4.69) is 18.2 Å². The summed E-state index contributed by atoms with van der Waals surface area (Å²) < 4.78 is 0. The van der Waals surface area contributed by atoms with Crippen LogP contribution in [0.4, 0.5) is 0 Å². The van der Waals surface area contributed by atoms with E-state index in [9.17, 15) is 0 Å². The summed E-state index contributed by atoms with van der Waals surface area (Å²) in [7, 11) is 1.96. The third-order valence-corrected chi connectivity index (χ3v) is 2.15. The number of hydrogen-bond donors (Lipinski definition) is 2. The van der Waals surface area contributed by atoms with E-state index in [1.165, 1.54) is 5.56 Å². The Hall–Kier alpha value is -2.39. The molecule has 0 amide bonds. The Morgan fingerprint density at radius 3 is 2.16 bits per heavy atom. The SMILES string of the molecule is CN(CC#N)CCc1ccccc1.O=C(O)C(=O)O. The van der Waals surface area contributed by atoms with E-state index in [0.717, 1.165) is 13.0 Å². The predicted molar refractivity (Wildman–Crippen MR) is 68.5 cm³/mol. The lowest BCUT2D eigenvalue weighted by molar-refractivity contribution is -0.159. The molecular weight excluding hydrogens is 248 g/mol. The molecule has 0 heterocycles. The standard InChI is InChI=1S/C11H14N2.C2H2O4/c1-13(10-8-12)9-7-11-5-3-2-4-6-11;3-1(4)2(5)6/h2-6H,7,9-10H2,1H3;(H,3,4)(H,5,6). The second-order valence-electron chi connectivity index (χ2n) is 3.74. The largest absolute Gasteiger partial charge is 0.473 e. The van der Waals surface area contributed by atoms with E-state index >= 15 is 0 Å². The molecule has 0 fully saturated rings. The molecule has 1 rings (SSSR count). The van der Waals surface area contributed by atoms with Gasteiger partial charge in [-0.2, -0.15) is 5.26 Å². The van der Waals surface area contributed by atoms with Crippen LogP contribution in [0.3, 0.4) is 0 Å². The molecule has 19 heavy (non-hydrogen) atoms. The van der Waals surface area contributed by atoms with E-state index in [1.54, 1.807) is 0 Å². The van der Waals surface area contributed by atoms with Gasteiger partial charge in [-0.15, -0.1) is 0 Å². The molecular formula is C13H16N2O4. The van der Waals surface area contributed by atoms with Crippen molar-refractivity contribution >= 4 is 11.9 Å². The highest BCUT2D eigenvalue weighted by Gasteiger charge is 2.04. The molecule has 0 aliphatic carbocycles. The molecule has 0 radical (unpaired) electrons. The second kappa shape index (κ2) is 9.62. The number of hydrogen-bond acceptors (Lipinski definition) is 4. The molecule has 0 saturated carbocycles. The van der Waals surface area contributed by atoms with Crippen LogP contribution < -0.4 is 0 Å². The van der Waals surface area contributed by atoms with Crippen LogP contribution in [-0.4, -0.2) is 47.2 Å². The third-order valence-electron chi connectivity index (χ3n) is 2.15. The van der Waals surface area contributed by atoms with Crippen LogP contribution in [0.1, 0.15) is 5.56 Å². The van der Waals surface area contributed by atoms with Crippen molar-refractivity contribution in [3.63, 3.8) is 0 Å². The number of nitrogens with zero attached hydrogens (tertiary/aromatic N) is 2. The third kappa shape index (κ3) is 9.32. The zero-order valence-electron chi connectivity index (χ0n) is 10.6. The lowest BCUT2D eigenvalue weighted by atomic mass is 10.1. The molecule has 0 saturated heterocycles.